The Hall–Kier alpha value is -3.70. The van der Waals surface area contributed by atoms with Crippen LogP contribution in [0.2, 0.25) is 0 Å². The highest BCUT2D eigenvalue weighted by atomic mass is 16.4. The number of nitrogens with zero attached hydrogens (tertiary/aromatic N) is 2. The van der Waals surface area contributed by atoms with Gasteiger partial charge in [-0.15, -0.1) is 0 Å². The van der Waals surface area contributed by atoms with Crippen LogP contribution >= 0.6 is 0 Å². The van der Waals surface area contributed by atoms with Crippen LogP contribution < -0.4 is 5.56 Å². The van der Waals surface area contributed by atoms with Gasteiger partial charge in [0, 0.05) is 19.3 Å². The smallest absolute Gasteiger partial charge is 0.341 e. The van der Waals surface area contributed by atoms with Crippen molar-refractivity contribution >= 4 is 11.5 Å². The minimum Gasteiger partial charge on any atom is -0.477 e. The maximum absolute atomic E-state index is 12.6. The van der Waals surface area contributed by atoms with Crippen LogP contribution in [0.1, 0.15) is 38.7 Å². The van der Waals surface area contributed by atoms with Crippen molar-refractivity contribution in [2.24, 2.45) is 0 Å². The van der Waals surface area contributed by atoms with Crippen molar-refractivity contribution in [3.63, 3.8) is 0 Å². The van der Waals surface area contributed by atoms with E-state index in [1.807, 2.05) is 30.3 Å². The van der Waals surface area contributed by atoms with Crippen LogP contribution in [0.5, 0.6) is 0 Å². The minimum absolute atomic E-state index is 0.0649. The van der Waals surface area contributed by atoms with Crippen LogP contribution in [0.15, 0.2) is 89.9 Å². The van der Waals surface area contributed by atoms with Crippen LogP contribution in [0.25, 0.3) is 5.52 Å². The molecule has 5 nitrogen and oxygen atoms in total. The summed E-state index contributed by atoms with van der Waals surface area (Å²) in [5, 5.41) is 9.59. The number of aromatic nitrogens is 1. The molecule has 2 aromatic carbocycles. The third-order valence-corrected chi connectivity index (χ3v) is 6.06. The Kier molecular flexibility index (Phi) is 4.88. The van der Waals surface area contributed by atoms with E-state index in [1.54, 1.807) is 18.3 Å². The molecule has 154 valence electrons. The molecule has 2 aromatic heterocycles. The van der Waals surface area contributed by atoms with E-state index < -0.39 is 11.5 Å². The fourth-order valence-corrected chi connectivity index (χ4v) is 4.63. The number of pyridine rings is 2. The number of aromatic carboxylic acids is 1. The molecule has 1 aliphatic rings. The lowest BCUT2D eigenvalue weighted by Gasteiger charge is -2.38. The molecule has 4 aromatic rings. The van der Waals surface area contributed by atoms with E-state index in [-0.39, 0.29) is 11.6 Å². The van der Waals surface area contributed by atoms with Gasteiger partial charge in [0.1, 0.15) is 5.56 Å². The van der Waals surface area contributed by atoms with E-state index in [9.17, 15) is 14.7 Å². The summed E-state index contributed by atoms with van der Waals surface area (Å²) in [5.74, 6) is -1.20. The molecular weight excluding hydrogens is 388 g/mol. The van der Waals surface area contributed by atoms with Gasteiger partial charge in [0.05, 0.1) is 11.6 Å². The molecule has 0 radical (unpaired) electrons. The lowest BCUT2D eigenvalue weighted by atomic mass is 9.88. The second-order valence-electron chi connectivity index (χ2n) is 7.88. The SMILES string of the molecule is O=C(O)c1cc(CN2CCc3ccccc3[C@@H]2c2ccccc2)c2ccccn2c1=O. The third-order valence-electron chi connectivity index (χ3n) is 6.06. The zero-order chi connectivity index (χ0) is 21.4. The number of benzene rings is 2. The van der Waals surface area contributed by atoms with E-state index in [0.717, 1.165) is 24.0 Å². The molecule has 0 amide bonds. The van der Waals surface area contributed by atoms with Crippen LogP contribution in [0.3, 0.4) is 0 Å². The second kappa shape index (κ2) is 7.85. The van der Waals surface area contributed by atoms with Crippen LogP contribution in [0, 0.1) is 0 Å². The molecule has 0 spiro atoms. The fourth-order valence-electron chi connectivity index (χ4n) is 4.63. The lowest BCUT2D eigenvalue weighted by Crippen LogP contribution is -2.36. The molecule has 0 bridgehead atoms. The van der Waals surface area contributed by atoms with Crippen molar-refractivity contribution in [2.75, 3.05) is 6.54 Å². The summed E-state index contributed by atoms with van der Waals surface area (Å²) >= 11 is 0. The lowest BCUT2D eigenvalue weighted by molar-refractivity contribution is 0.0694. The Morgan fingerprint density at radius 1 is 0.968 bits per heavy atom. The highest BCUT2D eigenvalue weighted by Gasteiger charge is 2.29. The summed E-state index contributed by atoms with van der Waals surface area (Å²) in [6, 6.07) is 26.0. The maximum atomic E-state index is 12.6. The van der Waals surface area contributed by atoms with Gasteiger partial charge in [-0.1, -0.05) is 60.7 Å². The minimum atomic E-state index is -1.20. The van der Waals surface area contributed by atoms with Gasteiger partial charge in [0.2, 0.25) is 0 Å². The van der Waals surface area contributed by atoms with Crippen molar-refractivity contribution in [3.05, 3.63) is 123 Å². The van der Waals surface area contributed by atoms with Gasteiger partial charge in [-0.2, -0.15) is 0 Å². The zero-order valence-electron chi connectivity index (χ0n) is 16.9. The van der Waals surface area contributed by atoms with Crippen molar-refractivity contribution < 1.29 is 9.90 Å². The number of rotatable bonds is 4. The monoisotopic (exact) mass is 410 g/mol. The molecule has 1 aliphatic heterocycles. The summed E-state index contributed by atoms with van der Waals surface area (Å²) in [5.41, 5.74) is 4.68. The van der Waals surface area contributed by atoms with Crippen LogP contribution in [0.4, 0.5) is 0 Å². The molecular formula is C26H22N2O3. The first-order chi connectivity index (χ1) is 15.1. The van der Waals surface area contributed by atoms with Crippen molar-refractivity contribution in [1.29, 1.82) is 0 Å². The highest BCUT2D eigenvalue weighted by Crippen LogP contribution is 2.36. The van der Waals surface area contributed by atoms with E-state index in [4.69, 9.17) is 0 Å². The van der Waals surface area contributed by atoms with E-state index in [2.05, 4.69) is 41.3 Å². The first kappa shape index (κ1) is 19.3. The Bertz CT molecular complexity index is 1330. The van der Waals surface area contributed by atoms with Crippen LogP contribution in [-0.2, 0) is 13.0 Å². The Morgan fingerprint density at radius 3 is 2.52 bits per heavy atom. The first-order valence-electron chi connectivity index (χ1n) is 10.4. The van der Waals surface area contributed by atoms with Crippen molar-refractivity contribution in [1.82, 2.24) is 9.30 Å². The average molecular weight is 410 g/mol. The molecule has 0 saturated heterocycles. The van der Waals surface area contributed by atoms with Gasteiger partial charge < -0.3 is 5.11 Å². The van der Waals surface area contributed by atoms with Gasteiger partial charge in [0.25, 0.3) is 5.56 Å². The van der Waals surface area contributed by atoms with Gasteiger partial charge >= 0.3 is 5.97 Å². The molecule has 5 heteroatoms. The maximum Gasteiger partial charge on any atom is 0.341 e. The van der Waals surface area contributed by atoms with Gasteiger partial charge in [-0.05, 0) is 46.9 Å². The molecule has 1 atom stereocenters. The number of hydrogen-bond donors (Lipinski definition) is 1. The van der Waals surface area contributed by atoms with E-state index in [0.29, 0.717) is 6.54 Å². The summed E-state index contributed by atoms with van der Waals surface area (Å²) in [4.78, 5) is 26.7. The first-order valence-corrected chi connectivity index (χ1v) is 10.4. The Balaban J connectivity index is 1.64. The average Bonchev–Trinajstić information content (AvgIpc) is 2.81. The molecule has 0 fully saturated rings. The van der Waals surface area contributed by atoms with Crippen molar-refractivity contribution in [2.45, 2.75) is 19.0 Å². The van der Waals surface area contributed by atoms with Gasteiger partial charge in [-0.25, -0.2) is 4.79 Å². The highest BCUT2D eigenvalue weighted by molar-refractivity contribution is 5.88. The Morgan fingerprint density at radius 2 is 1.71 bits per heavy atom. The molecule has 0 saturated carbocycles. The molecule has 0 aliphatic carbocycles. The molecule has 31 heavy (non-hydrogen) atoms. The number of fused-ring (bicyclic) bond motifs is 2. The van der Waals surface area contributed by atoms with Crippen LogP contribution in [-0.4, -0.2) is 26.9 Å². The fraction of sp³-hybridized carbons (Fsp3) is 0.154. The third kappa shape index (κ3) is 3.43. The largest absolute Gasteiger partial charge is 0.477 e. The van der Waals surface area contributed by atoms with E-state index >= 15 is 0 Å². The number of carboxylic acids is 1. The molecule has 0 unspecified atom stereocenters. The summed E-state index contributed by atoms with van der Waals surface area (Å²) in [6.07, 6.45) is 2.56. The number of hydrogen-bond acceptors (Lipinski definition) is 3. The molecule has 5 rings (SSSR count). The van der Waals surface area contributed by atoms with Gasteiger partial charge in [0.15, 0.2) is 0 Å². The number of carboxylic acid groups (broad SMARTS) is 1. The predicted octanol–water partition coefficient (Wildman–Crippen LogP) is 4.15. The van der Waals surface area contributed by atoms with Gasteiger partial charge in [-0.3, -0.25) is 14.1 Å². The predicted molar refractivity (Wildman–Crippen MR) is 119 cm³/mol. The van der Waals surface area contributed by atoms with Crippen molar-refractivity contribution in [3.8, 4) is 0 Å². The summed E-state index contributed by atoms with van der Waals surface area (Å²) < 4.78 is 1.44. The molecule has 1 N–H and O–H groups in total. The topological polar surface area (TPSA) is 62.0 Å². The van der Waals surface area contributed by atoms with E-state index in [1.165, 1.54) is 21.1 Å². The normalized spacial score (nSPS) is 16.2. The zero-order valence-corrected chi connectivity index (χ0v) is 16.9. The summed E-state index contributed by atoms with van der Waals surface area (Å²) in [6.45, 7) is 1.39. The number of carbonyl (C=O) groups is 1. The molecule has 3 heterocycles. The standard InChI is InChI=1S/C26H22N2O3/c29-25-22(26(30)31)16-20(23-12-6-7-14-28(23)25)17-27-15-13-18-8-4-5-11-21(18)24(27)19-9-2-1-3-10-19/h1-12,14,16,24H,13,15,17H2,(H,30,31)/t24-/m0/s1. The second-order valence-corrected chi connectivity index (χ2v) is 7.88. The summed E-state index contributed by atoms with van der Waals surface area (Å²) in [7, 11) is 0. The Labute approximate surface area is 179 Å². The quantitative estimate of drug-likeness (QED) is 0.549.